The number of nitrogens with one attached hydrogen (secondary N) is 1. The van der Waals surface area contributed by atoms with Gasteiger partial charge >= 0.3 is 11.6 Å². The summed E-state index contributed by atoms with van der Waals surface area (Å²) in [6, 6.07) is 13.9. The minimum absolute atomic E-state index is 0.00149. The zero-order chi connectivity index (χ0) is 18.5. The van der Waals surface area contributed by atoms with E-state index in [4.69, 9.17) is 9.47 Å². The average molecular weight is 417 g/mol. The van der Waals surface area contributed by atoms with Gasteiger partial charge in [0.2, 0.25) is 5.82 Å². The summed E-state index contributed by atoms with van der Waals surface area (Å²) < 4.78 is 11.7. The predicted octanol–water partition coefficient (Wildman–Crippen LogP) is 4.69. The topological polar surface area (TPSA) is 99.4 Å². The number of aromatic nitrogens is 2. The molecule has 0 aliphatic rings. The highest BCUT2D eigenvalue weighted by atomic mass is 79.9. The fourth-order valence-electron chi connectivity index (χ4n) is 2.18. The molecule has 8 nitrogen and oxygen atoms in total. The molecule has 3 aromatic rings. The summed E-state index contributed by atoms with van der Waals surface area (Å²) in [5.41, 5.74) is 0.160. The standard InChI is InChI=1S/C17H13BrN4O4/c1-25-14-5-3-2-4-13(14)21-16-15(22(23)24)17(20-10-19-16)26-12-8-6-11(18)7-9-12/h2-10H,1H3,(H,19,20,21). The van der Waals surface area contributed by atoms with E-state index in [0.717, 1.165) is 4.47 Å². The monoisotopic (exact) mass is 416 g/mol. The Labute approximate surface area is 157 Å². The van der Waals surface area contributed by atoms with Crippen LogP contribution in [0.15, 0.2) is 59.3 Å². The number of methoxy groups -OCH3 is 1. The van der Waals surface area contributed by atoms with Crippen LogP contribution in [0.1, 0.15) is 0 Å². The molecule has 2 aromatic carbocycles. The van der Waals surface area contributed by atoms with E-state index in [1.807, 2.05) is 0 Å². The van der Waals surface area contributed by atoms with Crippen LogP contribution in [0.4, 0.5) is 17.2 Å². The van der Waals surface area contributed by atoms with Crippen molar-refractivity contribution >= 4 is 33.1 Å². The minimum Gasteiger partial charge on any atom is -0.495 e. The second-order valence-corrected chi connectivity index (χ2v) is 5.93. The van der Waals surface area contributed by atoms with Gasteiger partial charge in [-0.25, -0.2) is 4.98 Å². The zero-order valence-corrected chi connectivity index (χ0v) is 15.1. The Kier molecular flexibility index (Phi) is 5.28. The first kappa shape index (κ1) is 17.6. The van der Waals surface area contributed by atoms with Crippen molar-refractivity contribution < 1.29 is 14.4 Å². The molecule has 0 amide bonds. The molecule has 1 N–H and O–H groups in total. The van der Waals surface area contributed by atoms with E-state index < -0.39 is 4.92 Å². The maximum absolute atomic E-state index is 11.6. The zero-order valence-electron chi connectivity index (χ0n) is 13.5. The van der Waals surface area contributed by atoms with Crippen molar-refractivity contribution in [2.75, 3.05) is 12.4 Å². The molecular weight excluding hydrogens is 404 g/mol. The molecule has 9 heteroatoms. The third-order valence-corrected chi connectivity index (χ3v) is 3.89. The highest BCUT2D eigenvalue weighted by Gasteiger charge is 2.25. The number of rotatable bonds is 6. The Hall–Kier alpha value is -3.20. The van der Waals surface area contributed by atoms with Crippen molar-refractivity contribution in [3.8, 4) is 17.4 Å². The van der Waals surface area contributed by atoms with Gasteiger partial charge in [-0.2, -0.15) is 4.98 Å². The van der Waals surface area contributed by atoms with Gasteiger partial charge in [0.1, 0.15) is 17.8 Å². The SMILES string of the molecule is COc1ccccc1Nc1ncnc(Oc2ccc(Br)cc2)c1[N+](=O)[O-]. The lowest BCUT2D eigenvalue weighted by atomic mass is 10.3. The maximum Gasteiger partial charge on any atom is 0.373 e. The molecule has 132 valence electrons. The molecule has 0 aliphatic carbocycles. The highest BCUT2D eigenvalue weighted by molar-refractivity contribution is 9.10. The van der Waals surface area contributed by atoms with Crippen molar-refractivity contribution in [3.63, 3.8) is 0 Å². The molecule has 0 bridgehead atoms. The van der Waals surface area contributed by atoms with Crippen LogP contribution in [0.3, 0.4) is 0 Å². The van der Waals surface area contributed by atoms with Gasteiger partial charge in [0, 0.05) is 4.47 Å². The molecule has 26 heavy (non-hydrogen) atoms. The van der Waals surface area contributed by atoms with E-state index in [9.17, 15) is 10.1 Å². The van der Waals surface area contributed by atoms with Crippen molar-refractivity contribution in [2.45, 2.75) is 0 Å². The maximum atomic E-state index is 11.6. The lowest BCUT2D eigenvalue weighted by Gasteiger charge is -2.11. The van der Waals surface area contributed by atoms with E-state index in [1.54, 1.807) is 48.5 Å². The van der Waals surface area contributed by atoms with E-state index in [1.165, 1.54) is 13.4 Å². The smallest absolute Gasteiger partial charge is 0.373 e. The molecule has 0 saturated heterocycles. The van der Waals surface area contributed by atoms with Gasteiger partial charge in [0.15, 0.2) is 0 Å². The number of nitrogens with zero attached hydrogens (tertiary/aromatic N) is 3. The lowest BCUT2D eigenvalue weighted by Crippen LogP contribution is -2.04. The fraction of sp³-hybridized carbons (Fsp3) is 0.0588. The Morgan fingerprint density at radius 3 is 2.54 bits per heavy atom. The number of nitro groups is 1. The number of benzene rings is 2. The van der Waals surface area contributed by atoms with Crippen LogP contribution in [0, 0.1) is 10.1 Å². The summed E-state index contributed by atoms with van der Waals surface area (Å²) >= 11 is 3.32. The molecule has 0 aliphatic heterocycles. The van der Waals surface area contributed by atoms with Crippen LogP contribution in [0.5, 0.6) is 17.4 Å². The molecule has 0 unspecified atom stereocenters. The highest BCUT2D eigenvalue weighted by Crippen LogP contribution is 2.37. The van der Waals surface area contributed by atoms with Crippen LogP contribution in [0.2, 0.25) is 0 Å². The van der Waals surface area contributed by atoms with Gasteiger partial charge in [0.05, 0.1) is 17.7 Å². The van der Waals surface area contributed by atoms with Gasteiger partial charge < -0.3 is 14.8 Å². The predicted molar refractivity (Wildman–Crippen MR) is 99.2 cm³/mol. The van der Waals surface area contributed by atoms with Gasteiger partial charge in [-0.15, -0.1) is 0 Å². The number of hydrogen-bond donors (Lipinski definition) is 1. The Balaban J connectivity index is 1.98. The first-order valence-electron chi connectivity index (χ1n) is 7.41. The summed E-state index contributed by atoms with van der Waals surface area (Å²) in [7, 11) is 1.51. The van der Waals surface area contributed by atoms with Crippen LogP contribution in [-0.4, -0.2) is 22.0 Å². The fourth-order valence-corrected chi connectivity index (χ4v) is 2.45. The summed E-state index contributed by atoms with van der Waals surface area (Å²) in [6.07, 6.45) is 1.19. The van der Waals surface area contributed by atoms with E-state index in [0.29, 0.717) is 17.2 Å². The van der Waals surface area contributed by atoms with Crippen LogP contribution in [0.25, 0.3) is 0 Å². The third kappa shape index (κ3) is 3.89. The number of halogens is 1. The second kappa shape index (κ2) is 7.79. The largest absolute Gasteiger partial charge is 0.495 e. The number of anilines is 2. The molecular formula is C17H13BrN4O4. The molecule has 0 atom stereocenters. The lowest BCUT2D eigenvalue weighted by molar-refractivity contribution is -0.385. The minimum atomic E-state index is -0.591. The van der Waals surface area contributed by atoms with E-state index in [-0.39, 0.29) is 17.4 Å². The molecule has 0 fully saturated rings. The van der Waals surface area contributed by atoms with Crippen molar-refractivity contribution in [3.05, 3.63) is 69.4 Å². The van der Waals surface area contributed by atoms with E-state index in [2.05, 4.69) is 31.2 Å². The van der Waals surface area contributed by atoms with Crippen LogP contribution >= 0.6 is 15.9 Å². The number of para-hydroxylation sites is 2. The summed E-state index contributed by atoms with van der Waals surface area (Å²) in [5, 5.41) is 14.5. The van der Waals surface area contributed by atoms with Gasteiger partial charge in [-0.05, 0) is 36.4 Å². The summed E-state index contributed by atoms with van der Waals surface area (Å²) in [6.45, 7) is 0. The van der Waals surface area contributed by atoms with Gasteiger partial charge in [0.25, 0.3) is 0 Å². The Morgan fingerprint density at radius 1 is 1.12 bits per heavy atom. The number of hydrogen-bond acceptors (Lipinski definition) is 7. The van der Waals surface area contributed by atoms with E-state index >= 15 is 0 Å². The second-order valence-electron chi connectivity index (χ2n) is 5.01. The van der Waals surface area contributed by atoms with Gasteiger partial charge in [-0.1, -0.05) is 28.1 Å². The molecule has 0 radical (unpaired) electrons. The van der Waals surface area contributed by atoms with Crippen molar-refractivity contribution in [2.24, 2.45) is 0 Å². The van der Waals surface area contributed by atoms with Crippen LogP contribution in [-0.2, 0) is 0 Å². The quantitative estimate of drug-likeness (QED) is 0.459. The molecule has 0 saturated carbocycles. The number of ether oxygens (including phenoxy) is 2. The molecule has 1 aromatic heterocycles. The normalized spacial score (nSPS) is 10.2. The average Bonchev–Trinajstić information content (AvgIpc) is 2.64. The summed E-state index contributed by atoms with van der Waals surface area (Å²) in [4.78, 5) is 18.9. The molecule has 1 heterocycles. The van der Waals surface area contributed by atoms with Crippen LogP contribution < -0.4 is 14.8 Å². The Bertz CT molecular complexity index is 934. The van der Waals surface area contributed by atoms with Gasteiger partial charge in [-0.3, -0.25) is 10.1 Å². The third-order valence-electron chi connectivity index (χ3n) is 3.36. The van der Waals surface area contributed by atoms with Crippen molar-refractivity contribution in [1.82, 2.24) is 9.97 Å². The Morgan fingerprint density at radius 2 is 1.85 bits per heavy atom. The summed E-state index contributed by atoms with van der Waals surface area (Å²) in [5.74, 6) is 0.778. The first-order valence-corrected chi connectivity index (χ1v) is 8.20. The molecule has 0 spiro atoms. The van der Waals surface area contributed by atoms with Crippen molar-refractivity contribution in [1.29, 1.82) is 0 Å². The molecule has 3 rings (SSSR count). The first-order chi connectivity index (χ1) is 12.6.